The fourth-order valence-electron chi connectivity index (χ4n) is 5.37. The highest BCUT2D eigenvalue weighted by atomic mass is 32.2. The minimum Gasteiger partial charge on any atom is -0.505 e. The van der Waals surface area contributed by atoms with Gasteiger partial charge in [0.15, 0.2) is 10.1 Å². The number of aromatic nitrogens is 4. The van der Waals surface area contributed by atoms with Crippen LogP contribution in [0.1, 0.15) is 66.0 Å². The third kappa shape index (κ3) is 5.33. The van der Waals surface area contributed by atoms with Gasteiger partial charge >= 0.3 is 5.91 Å². The lowest BCUT2D eigenvalue weighted by Gasteiger charge is -2.24. The molecule has 2 aromatic carbocycles. The number of hydrogen-bond acceptors (Lipinski definition) is 8. The molecule has 6 rings (SSSR count). The van der Waals surface area contributed by atoms with Gasteiger partial charge in [-0.2, -0.15) is 0 Å². The molecule has 224 valence electrons. The van der Waals surface area contributed by atoms with Crippen molar-refractivity contribution < 1.29 is 14.7 Å². The monoisotopic (exact) mass is 623 g/mol. The molecule has 10 heteroatoms. The fraction of sp³-hybridized carbons (Fsp3) is 0.265. The standard InChI is InChI=1S/C34H33N5O3S2/c1-19-9-11-22(12-10-19)18-43-33-37-36-32(44-33)39-27(23-13-15-24(16-14-23)34(4,5)6)25(29(41)31(39)42)28(40)26-21(3)38-17-7-8-20(2)30(38)35-26/h7-17,27,40H,18H2,1-6H3/b28-25+. The summed E-state index contributed by atoms with van der Waals surface area (Å²) in [5.41, 5.74) is 6.55. The third-order valence-corrected chi connectivity index (χ3v) is 10.1. The normalized spacial score (nSPS) is 16.8. The van der Waals surface area contributed by atoms with Crippen molar-refractivity contribution in [1.29, 1.82) is 0 Å². The van der Waals surface area contributed by atoms with Crippen molar-refractivity contribution in [3.05, 3.63) is 112 Å². The summed E-state index contributed by atoms with van der Waals surface area (Å²) >= 11 is 2.77. The van der Waals surface area contributed by atoms with Crippen LogP contribution in [-0.2, 0) is 20.8 Å². The summed E-state index contributed by atoms with van der Waals surface area (Å²) in [6.07, 6.45) is 1.86. The predicted molar refractivity (Wildman–Crippen MR) is 175 cm³/mol. The van der Waals surface area contributed by atoms with E-state index in [4.69, 9.17) is 4.98 Å². The number of thioether (sulfide) groups is 1. The minimum atomic E-state index is -0.905. The van der Waals surface area contributed by atoms with E-state index in [1.807, 2.05) is 67.8 Å². The first-order valence-corrected chi connectivity index (χ1v) is 16.1. The molecule has 0 bridgehead atoms. The number of benzene rings is 2. The Balaban J connectivity index is 1.44. The summed E-state index contributed by atoms with van der Waals surface area (Å²) < 4.78 is 2.55. The second-order valence-corrected chi connectivity index (χ2v) is 14.3. The van der Waals surface area contributed by atoms with Crippen LogP contribution in [0.2, 0.25) is 0 Å². The number of aliphatic hydroxyl groups is 1. The van der Waals surface area contributed by atoms with Crippen molar-refractivity contribution in [3.8, 4) is 0 Å². The Bertz CT molecular complexity index is 1930. The van der Waals surface area contributed by atoms with Crippen LogP contribution in [-0.4, -0.2) is 36.4 Å². The number of carbonyl (C=O) groups is 2. The largest absolute Gasteiger partial charge is 0.505 e. The Kier molecular flexibility index (Phi) is 7.67. The zero-order chi connectivity index (χ0) is 31.3. The Labute approximate surface area is 264 Å². The Morgan fingerprint density at radius 1 is 0.977 bits per heavy atom. The molecule has 0 aliphatic carbocycles. The highest BCUT2D eigenvalue weighted by molar-refractivity contribution is 8.00. The maximum absolute atomic E-state index is 13.8. The van der Waals surface area contributed by atoms with Gasteiger partial charge in [0, 0.05) is 11.9 Å². The van der Waals surface area contributed by atoms with Gasteiger partial charge in [0.05, 0.1) is 17.3 Å². The zero-order valence-electron chi connectivity index (χ0n) is 25.5. The molecule has 8 nitrogen and oxygen atoms in total. The number of amides is 1. The molecule has 1 amide bonds. The summed E-state index contributed by atoms with van der Waals surface area (Å²) in [6, 6.07) is 19.0. The van der Waals surface area contributed by atoms with Crippen LogP contribution in [0.4, 0.5) is 5.13 Å². The number of imidazole rings is 1. The Hall–Kier alpha value is -4.28. The number of ketones is 1. The topological polar surface area (TPSA) is 101 Å². The van der Waals surface area contributed by atoms with Crippen molar-refractivity contribution in [2.24, 2.45) is 0 Å². The first kappa shape index (κ1) is 29.8. The van der Waals surface area contributed by atoms with E-state index < -0.39 is 17.7 Å². The van der Waals surface area contributed by atoms with Crippen molar-refractivity contribution in [2.75, 3.05) is 4.90 Å². The number of hydrogen-bond donors (Lipinski definition) is 1. The van der Waals surface area contributed by atoms with E-state index in [0.717, 1.165) is 16.7 Å². The van der Waals surface area contributed by atoms with Crippen LogP contribution in [0, 0.1) is 20.8 Å². The molecule has 1 N–H and O–H groups in total. The number of carbonyl (C=O) groups excluding carboxylic acids is 2. The number of nitrogens with zero attached hydrogens (tertiary/aromatic N) is 5. The number of aliphatic hydroxyl groups excluding tert-OH is 1. The summed E-state index contributed by atoms with van der Waals surface area (Å²) in [5.74, 6) is -1.17. The van der Waals surface area contributed by atoms with E-state index in [2.05, 4.69) is 55.2 Å². The first-order valence-electron chi connectivity index (χ1n) is 14.3. The zero-order valence-corrected chi connectivity index (χ0v) is 27.1. The van der Waals surface area contributed by atoms with Crippen molar-refractivity contribution in [3.63, 3.8) is 0 Å². The number of fused-ring (bicyclic) bond motifs is 1. The molecule has 1 fully saturated rings. The molecular formula is C34H33N5O3S2. The van der Waals surface area contributed by atoms with Crippen molar-refractivity contribution in [2.45, 2.75) is 63.1 Å². The van der Waals surface area contributed by atoms with Gasteiger partial charge in [0.25, 0.3) is 5.78 Å². The van der Waals surface area contributed by atoms with Gasteiger partial charge in [-0.05, 0) is 54.5 Å². The summed E-state index contributed by atoms with van der Waals surface area (Å²) in [6.45, 7) is 12.2. The van der Waals surface area contributed by atoms with Gasteiger partial charge < -0.3 is 9.51 Å². The maximum Gasteiger partial charge on any atom is 0.301 e. The van der Waals surface area contributed by atoms with Crippen LogP contribution in [0.5, 0.6) is 0 Å². The van der Waals surface area contributed by atoms with E-state index in [1.54, 1.807) is 0 Å². The maximum atomic E-state index is 13.8. The Morgan fingerprint density at radius 3 is 2.34 bits per heavy atom. The van der Waals surface area contributed by atoms with Gasteiger partial charge in [0.1, 0.15) is 11.3 Å². The molecule has 0 radical (unpaired) electrons. The SMILES string of the molecule is Cc1ccc(CSc2nnc(N3C(=O)C(=O)/C(=C(/O)c4nc5c(C)cccn5c4C)C3c3ccc(C(C)(C)C)cc3)s2)cc1. The fourth-order valence-corrected chi connectivity index (χ4v) is 7.20. The lowest BCUT2D eigenvalue weighted by molar-refractivity contribution is -0.132. The molecule has 3 aromatic heterocycles. The van der Waals surface area contributed by atoms with E-state index in [1.165, 1.54) is 33.6 Å². The molecule has 44 heavy (non-hydrogen) atoms. The van der Waals surface area contributed by atoms with Crippen LogP contribution in [0.15, 0.2) is 76.8 Å². The van der Waals surface area contributed by atoms with Crippen LogP contribution in [0.25, 0.3) is 11.4 Å². The lowest BCUT2D eigenvalue weighted by atomic mass is 9.85. The quantitative estimate of drug-likeness (QED) is 0.0695. The minimum absolute atomic E-state index is 0.0215. The van der Waals surface area contributed by atoms with Crippen molar-refractivity contribution >= 4 is 51.3 Å². The number of pyridine rings is 1. The average molecular weight is 624 g/mol. The summed E-state index contributed by atoms with van der Waals surface area (Å²) in [7, 11) is 0. The summed E-state index contributed by atoms with van der Waals surface area (Å²) in [5, 5.41) is 20.7. The van der Waals surface area contributed by atoms with Gasteiger partial charge in [-0.3, -0.25) is 14.5 Å². The first-order chi connectivity index (χ1) is 20.9. The van der Waals surface area contributed by atoms with E-state index in [9.17, 15) is 14.7 Å². The lowest BCUT2D eigenvalue weighted by Crippen LogP contribution is -2.29. The average Bonchev–Trinajstić information content (AvgIpc) is 3.67. The Morgan fingerprint density at radius 2 is 1.68 bits per heavy atom. The molecule has 4 heterocycles. The third-order valence-electron chi connectivity index (χ3n) is 7.93. The number of rotatable bonds is 6. The van der Waals surface area contributed by atoms with Crippen LogP contribution >= 0.6 is 23.1 Å². The molecule has 1 aliphatic rings. The van der Waals surface area contributed by atoms with Crippen LogP contribution in [0.3, 0.4) is 0 Å². The second-order valence-electron chi connectivity index (χ2n) is 12.1. The number of Topliss-reactive ketones (excluding diaryl/α,β-unsaturated/α-hetero) is 1. The number of aryl methyl sites for hydroxylation is 3. The molecule has 1 unspecified atom stereocenters. The van der Waals surface area contributed by atoms with Crippen LogP contribution < -0.4 is 4.90 Å². The van der Waals surface area contributed by atoms with Gasteiger partial charge in [-0.25, -0.2) is 4.98 Å². The highest BCUT2D eigenvalue weighted by Gasteiger charge is 2.49. The smallest absolute Gasteiger partial charge is 0.301 e. The van der Waals surface area contributed by atoms with E-state index >= 15 is 0 Å². The number of anilines is 1. The molecular weight excluding hydrogens is 591 g/mol. The molecule has 0 saturated carbocycles. The molecule has 1 saturated heterocycles. The van der Waals surface area contributed by atoms with Gasteiger partial charge in [-0.15, -0.1) is 10.2 Å². The summed E-state index contributed by atoms with van der Waals surface area (Å²) in [4.78, 5) is 33.6. The molecule has 5 aromatic rings. The second kappa shape index (κ2) is 11.3. The van der Waals surface area contributed by atoms with Gasteiger partial charge in [0.2, 0.25) is 5.13 Å². The molecule has 0 spiro atoms. The molecule has 1 aliphatic heterocycles. The van der Waals surface area contributed by atoms with E-state index in [-0.39, 0.29) is 22.4 Å². The van der Waals surface area contributed by atoms with E-state index in [0.29, 0.717) is 32.1 Å². The van der Waals surface area contributed by atoms with Crippen molar-refractivity contribution in [1.82, 2.24) is 19.6 Å². The van der Waals surface area contributed by atoms with Gasteiger partial charge in [-0.1, -0.05) is 104 Å². The predicted octanol–water partition coefficient (Wildman–Crippen LogP) is 7.33. The highest BCUT2D eigenvalue weighted by Crippen LogP contribution is 2.44. The molecule has 1 atom stereocenters.